The second kappa shape index (κ2) is 5.26. The summed E-state index contributed by atoms with van der Waals surface area (Å²) in [5.74, 6) is -0.284. The number of methoxy groups -OCH3 is 2. The second-order valence-electron chi connectivity index (χ2n) is 4.09. The van der Waals surface area contributed by atoms with Gasteiger partial charge in [-0.15, -0.1) is 0 Å². The summed E-state index contributed by atoms with van der Waals surface area (Å²) in [4.78, 5) is 0. The predicted molar refractivity (Wildman–Crippen MR) is 63.1 cm³/mol. The summed E-state index contributed by atoms with van der Waals surface area (Å²) in [5.41, 5.74) is 1.57. The van der Waals surface area contributed by atoms with E-state index in [2.05, 4.69) is 0 Å². The number of aliphatic hydroxyl groups is 1. The molecule has 108 valence electrons. The Hall–Kier alpha value is -1.47. The van der Waals surface area contributed by atoms with Gasteiger partial charge in [0.2, 0.25) is 5.60 Å². The Labute approximate surface area is 108 Å². The predicted octanol–water partition coefficient (Wildman–Crippen LogP) is 1.80. The molecule has 0 aromatic heterocycles. The van der Waals surface area contributed by atoms with Crippen molar-refractivity contribution in [3.63, 3.8) is 0 Å². The number of ether oxygens (including phenoxy) is 2. The first-order chi connectivity index (χ1) is 8.70. The number of benzene rings is 1. The van der Waals surface area contributed by atoms with Crippen molar-refractivity contribution in [3.05, 3.63) is 23.8 Å². The number of rotatable bonds is 4. The molecule has 7 heteroatoms. The van der Waals surface area contributed by atoms with E-state index in [1.165, 1.54) is 32.4 Å². The molecule has 1 rings (SSSR count). The third-order valence-corrected chi connectivity index (χ3v) is 2.90. The average molecular weight is 279 g/mol. The third kappa shape index (κ3) is 2.48. The standard InChI is InChI=1S/C12H16F3NO3/c1-7(16)11(17,12(13,14)15)10-8(18-2)5-4-6-9(10)19-3/h4-7,17H,16H2,1-3H3. The summed E-state index contributed by atoms with van der Waals surface area (Å²) >= 11 is 0. The molecule has 0 heterocycles. The topological polar surface area (TPSA) is 64.7 Å². The molecule has 0 saturated heterocycles. The van der Waals surface area contributed by atoms with Crippen molar-refractivity contribution in [2.75, 3.05) is 14.2 Å². The lowest BCUT2D eigenvalue weighted by atomic mass is 9.85. The molecule has 4 nitrogen and oxygen atoms in total. The molecule has 0 fully saturated rings. The van der Waals surface area contributed by atoms with Gasteiger partial charge >= 0.3 is 6.18 Å². The van der Waals surface area contributed by atoms with Crippen LogP contribution >= 0.6 is 0 Å². The second-order valence-corrected chi connectivity index (χ2v) is 4.09. The van der Waals surface area contributed by atoms with Crippen LogP contribution in [0.25, 0.3) is 0 Å². The van der Waals surface area contributed by atoms with Gasteiger partial charge in [0.1, 0.15) is 11.5 Å². The number of nitrogens with two attached hydrogens (primary N) is 1. The zero-order chi connectivity index (χ0) is 14.8. The van der Waals surface area contributed by atoms with Crippen molar-refractivity contribution < 1.29 is 27.8 Å². The monoisotopic (exact) mass is 279 g/mol. The molecular weight excluding hydrogens is 263 g/mol. The fourth-order valence-electron chi connectivity index (χ4n) is 1.85. The van der Waals surface area contributed by atoms with Crippen LogP contribution < -0.4 is 15.2 Å². The van der Waals surface area contributed by atoms with Crippen LogP contribution in [-0.4, -0.2) is 31.5 Å². The fraction of sp³-hybridized carbons (Fsp3) is 0.500. The highest BCUT2D eigenvalue weighted by atomic mass is 19.4. The van der Waals surface area contributed by atoms with Crippen LogP contribution in [0.5, 0.6) is 11.5 Å². The van der Waals surface area contributed by atoms with Gasteiger partial charge in [0.15, 0.2) is 0 Å². The van der Waals surface area contributed by atoms with Crippen LogP contribution in [0.15, 0.2) is 18.2 Å². The largest absolute Gasteiger partial charge is 0.496 e. The van der Waals surface area contributed by atoms with Crippen LogP contribution in [0.3, 0.4) is 0 Å². The van der Waals surface area contributed by atoms with E-state index in [1.54, 1.807) is 0 Å². The van der Waals surface area contributed by atoms with Gasteiger partial charge in [-0.25, -0.2) is 0 Å². The van der Waals surface area contributed by atoms with Crippen molar-refractivity contribution in [2.24, 2.45) is 5.73 Å². The van der Waals surface area contributed by atoms with E-state index in [9.17, 15) is 18.3 Å². The Balaban J connectivity index is 3.64. The quantitative estimate of drug-likeness (QED) is 0.882. The minimum absolute atomic E-state index is 0.142. The Kier molecular flexibility index (Phi) is 4.32. The summed E-state index contributed by atoms with van der Waals surface area (Å²) in [5, 5.41) is 10.1. The van der Waals surface area contributed by atoms with Crippen LogP contribution in [0.4, 0.5) is 13.2 Å². The van der Waals surface area contributed by atoms with Gasteiger partial charge in [-0.05, 0) is 19.1 Å². The molecule has 0 amide bonds. The van der Waals surface area contributed by atoms with Gasteiger partial charge in [-0.2, -0.15) is 13.2 Å². The lowest BCUT2D eigenvalue weighted by Crippen LogP contribution is -2.54. The van der Waals surface area contributed by atoms with Gasteiger partial charge in [-0.3, -0.25) is 0 Å². The highest BCUT2D eigenvalue weighted by molar-refractivity contribution is 5.50. The fourth-order valence-corrected chi connectivity index (χ4v) is 1.85. The Bertz CT molecular complexity index is 426. The Morgan fingerprint density at radius 1 is 1.16 bits per heavy atom. The van der Waals surface area contributed by atoms with Gasteiger partial charge in [0.05, 0.1) is 19.8 Å². The zero-order valence-electron chi connectivity index (χ0n) is 10.8. The molecule has 2 unspecified atom stereocenters. The van der Waals surface area contributed by atoms with Gasteiger partial charge in [0.25, 0.3) is 0 Å². The molecule has 0 bridgehead atoms. The molecule has 0 spiro atoms. The summed E-state index contributed by atoms with van der Waals surface area (Å²) < 4.78 is 49.5. The lowest BCUT2D eigenvalue weighted by molar-refractivity contribution is -0.273. The molecule has 19 heavy (non-hydrogen) atoms. The van der Waals surface area contributed by atoms with Crippen molar-refractivity contribution in [2.45, 2.75) is 24.7 Å². The maximum absolute atomic E-state index is 13.2. The van der Waals surface area contributed by atoms with Crippen molar-refractivity contribution in [1.82, 2.24) is 0 Å². The molecule has 0 aliphatic heterocycles. The molecule has 2 atom stereocenters. The van der Waals surface area contributed by atoms with Crippen molar-refractivity contribution in [3.8, 4) is 11.5 Å². The van der Waals surface area contributed by atoms with Gasteiger partial charge in [0, 0.05) is 6.04 Å². The Morgan fingerprint density at radius 2 is 1.58 bits per heavy atom. The summed E-state index contributed by atoms with van der Waals surface area (Å²) in [6.07, 6.45) is -4.97. The number of halogens is 3. The molecule has 0 radical (unpaired) electrons. The molecular formula is C12H16F3NO3. The first-order valence-electron chi connectivity index (χ1n) is 5.46. The smallest absolute Gasteiger partial charge is 0.423 e. The molecule has 0 aliphatic carbocycles. The maximum atomic E-state index is 13.2. The van der Waals surface area contributed by atoms with Gasteiger partial charge in [-0.1, -0.05) is 6.07 Å². The zero-order valence-corrected chi connectivity index (χ0v) is 10.8. The van der Waals surface area contributed by atoms with Gasteiger partial charge < -0.3 is 20.3 Å². The van der Waals surface area contributed by atoms with E-state index in [0.717, 1.165) is 6.92 Å². The first kappa shape index (κ1) is 15.6. The van der Waals surface area contributed by atoms with E-state index < -0.39 is 23.4 Å². The summed E-state index contributed by atoms with van der Waals surface area (Å²) in [6, 6.07) is 2.46. The maximum Gasteiger partial charge on any atom is 0.423 e. The van der Waals surface area contributed by atoms with E-state index in [-0.39, 0.29) is 11.5 Å². The van der Waals surface area contributed by atoms with E-state index in [4.69, 9.17) is 15.2 Å². The van der Waals surface area contributed by atoms with Crippen LogP contribution in [0.2, 0.25) is 0 Å². The summed E-state index contributed by atoms with van der Waals surface area (Å²) in [7, 11) is 2.41. The minimum Gasteiger partial charge on any atom is -0.496 e. The first-order valence-corrected chi connectivity index (χ1v) is 5.46. The number of hydrogen-bond acceptors (Lipinski definition) is 4. The minimum atomic E-state index is -4.97. The summed E-state index contributed by atoms with van der Waals surface area (Å²) in [6.45, 7) is 1.07. The lowest BCUT2D eigenvalue weighted by Gasteiger charge is -2.35. The molecule has 1 aromatic carbocycles. The highest BCUT2D eigenvalue weighted by Gasteiger charge is 2.60. The molecule has 0 aliphatic rings. The van der Waals surface area contributed by atoms with Crippen LogP contribution in [0, 0.1) is 0 Å². The van der Waals surface area contributed by atoms with E-state index in [1.807, 2.05) is 0 Å². The van der Waals surface area contributed by atoms with Crippen molar-refractivity contribution in [1.29, 1.82) is 0 Å². The van der Waals surface area contributed by atoms with E-state index >= 15 is 0 Å². The van der Waals surface area contributed by atoms with Crippen molar-refractivity contribution >= 4 is 0 Å². The molecule has 3 N–H and O–H groups in total. The molecule has 1 aromatic rings. The highest BCUT2D eigenvalue weighted by Crippen LogP contribution is 2.48. The number of alkyl halides is 3. The van der Waals surface area contributed by atoms with E-state index in [0.29, 0.717) is 0 Å². The average Bonchev–Trinajstić information content (AvgIpc) is 2.34. The van der Waals surface area contributed by atoms with Crippen LogP contribution in [0.1, 0.15) is 12.5 Å². The third-order valence-electron chi connectivity index (χ3n) is 2.90. The SMILES string of the molecule is COc1cccc(OC)c1C(O)(C(C)N)C(F)(F)F. The number of hydrogen-bond donors (Lipinski definition) is 2. The normalized spacial score (nSPS) is 16.6. The van der Waals surface area contributed by atoms with Crippen LogP contribution in [-0.2, 0) is 5.60 Å². The Morgan fingerprint density at radius 3 is 1.84 bits per heavy atom. The molecule has 0 saturated carbocycles.